The Balaban J connectivity index is 1.59. The van der Waals surface area contributed by atoms with Gasteiger partial charge < -0.3 is 14.8 Å². The Bertz CT molecular complexity index is 780. The Morgan fingerprint density at radius 3 is 2.92 bits per heavy atom. The average molecular weight is 341 g/mol. The lowest BCUT2D eigenvalue weighted by Crippen LogP contribution is -2.21. The molecule has 0 saturated heterocycles. The molecule has 6 heteroatoms. The summed E-state index contributed by atoms with van der Waals surface area (Å²) in [4.78, 5) is 12.1. The van der Waals surface area contributed by atoms with E-state index in [2.05, 4.69) is 10.4 Å². The van der Waals surface area contributed by atoms with Gasteiger partial charge >= 0.3 is 0 Å². The monoisotopic (exact) mass is 341 g/mol. The van der Waals surface area contributed by atoms with Crippen LogP contribution in [0.1, 0.15) is 29.7 Å². The van der Waals surface area contributed by atoms with Crippen molar-refractivity contribution in [3.63, 3.8) is 0 Å². The van der Waals surface area contributed by atoms with Crippen molar-refractivity contribution in [2.24, 2.45) is 0 Å². The van der Waals surface area contributed by atoms with Crippen LogP contribution in [-0.4, -0.2) is 29.9 Å². The van der Waals surface area contributed by atoms with Gasteiger partial charge in [0, 0.05) is 30.4 Å². The molecule has 2 aromatic rings. The summed E-state index contributed by atoms with van der Waals surface area (Å²) < 4.78 is 12.5. The molecule has 0 unspecified atom stereocenters. The minimum absolute atomic E-state index is 0.134. The van der Waals surface area contributed by atoms with Gasteiger partial charge in [0.2, 0.25) is 5.91 Å². The molecule has 25 heavy (non-hydrogen) atoms. The Morgan fingerprint density at radius 1 is 1.28 bits per heavy atom. The zero-order chi connectivity index (χ0) is 17.6. The lowest BCUT2D eigenvalue weighted by atomic mass is 10.1. The van der Waals surface area contributed by atoms with Crippen LogP contribution >= 0.6 is 0 Å². The van der Waals surface area contributed by atoms with E-state index >= 15 is 0 Å². The molecule has 0 saturated carbocycles. The second kappa shape index (κ2) is 7.88. The molecule has 1 aliphatic rings. The van der Waals surface area contributed by atoms with Gasteiger partial charge in [0.05, 0.1) is 20.4 Å². The molecule has 1 aromatic carbocycles. The van der Waals surface area contributed by atoms with Gasteiger partial charge in [0.1, 0.15) is 0 Å². The molecule has 1 N–H and O–H groups in total. The number of rotatable bonds is 6. The van der Waals surface area contributed by atoms with E-state index in [0.29, 0.717) is 18.0 Å². The highest BCUT2D eigenvalue weighted by Crippen LogP contribution is 2.27. The standard InChI is InChI=1S/C19H23N3O3/c1-24-17-8-6-14(11-18(17)25-2)7-9-19(23)20-12-15-13-21-22-10-4-3-5-16(15)22/h6-9,11,13H,3-5,10,12H2,1-2H3,(H,20,23)/b9-7+. The lowest BCUT2D eigenvalue weighted by molar-refractivity contribution is -0.116. The molecule has 1 amide bonds. The maximum Gasteiger partial charge on any atom is 0.244 e. The molecule has 0 aliphatic carbocycles. The third-order valence-corrected chi connectivity index (χ3v) is 4.36. The number of carbonyl (C=O) groups is 1. The normalized spacial score (nSPS) is 13.5. The van der Waals surface area contributed by atoms with Crippen LogP contribution in [0.5, 0.6) is 11.5 Å². The zero-order valence-corrected chi connectivity index (χ0v) is 14.6. The van der Waals surface area contributed by atoms with E-state index in [9.17, 15) is 4.79 Å². The average Bonchev–Trinajstić information content (AvgIpc) is 3.07. The minimum atomic E-state index is -0.134. The van der Waals surface area contributed by atoms with Crippen molar-refractivity contribution in [2.45, 2.75) is 32.4 Å². The summed E-state index contributed by atoms with van der Waals surface area (Å²) in [5, 5.41) is 7.31. The molecule has 0 bridgehead atoms. The van der Waals surface area contributed by atoms with Crippen molar-refractivity contribution in [1.29, 1.82) is 0 Å². The molecule has 2 heterocycles. The maximum absolute atomic E-state index is 12.1. The first-order chi connectivity index (χ1) is 12.2. The minimum Gasteiger partial charge on any atom is -0.493 e. The fraction of sp³-hybridized carbons (Fsp3) is 0.368. The van der Waals surface area contributed by atoms with Crippen LogP contribution in [0.15, 0.2) is 30.5 Å². The van der Waals surface area contributed by atoms with Gasteiger partial charge in [-0.1, -0.05) is 6.07 Å². The Morgan fingerprint density at radius 2 is 2.12 bits per heavy atom. The van der Waals surface area contributed by atoms with Crippen molar-refractivity contribution in [1.82, 2.24) is 15.1 Å². The Hall–Kier alpha value is -2.76. The summed E-state index contributed by atoms with van der Waals surface area (Å²) in [7, 11) is 3.18. The highest BCUT2D eigenvalue weighted by Gasteiger charge is 2.14. The van der Waals surface area contributed by atoms with E-state index in [1.165, 1.54) is 24.6 Å². The zero-order valence-electron chi connectivity index (χ0n) is 14.6. The van der Waals surface area contributed by atoms with Crippen LogP contribution < -0.4 is 14.8 Å². The molecule has 132 valence electrons. The van der Waals surface area contributed by atoms with Crippen molar-refractivity contribution < 1.29 is 14.3 Å². The molecular formula is C19H23N3O3. The second-order valence-corrected chi connectivity index (χ2v) is 5.96. The van der Waals surface area contributed by atoms with Crippen LogP contribution in [0.25, 0.3) is 6.08 Å². The number of aryl methyl sites for hydroxylation is 1. The molecule has 1 aromatic heterocycles. The van der Waals surface area contributed by atoms with Crippen LogP contribution in [-0.2, 0) is 24.3 Å². The summed E-state index contributed by atoms with van der Waals surface area (Å²) >= 11 is 0. The number of carbonyl (C=O) groups excluding carboxylic acids is 1. The summed E-state index contributed by atoms with van der Waals surface area (Å²) in [5.74, 6) is 1.16. The summed E-state index contributed by atoms with van der Waals surface area (Å²) in [5.41, 5.74) is 3.22. The Kier molecular flexibility index (Phi) is 5.38. The molecule has 0 atom stereocenters. The highest BCUT2D eigenvalue weighted by molar-refractivity contribution is 5.91. The largest absolute Gasteiger partial charge is 0.493 e. The SMILES string of the molecule is COc1ccc(/C=C/C(=O)NCc2cnn3c2CCCC3)cc1OC. The van der Waals surface area contributed by atoms with Crippen molar-refractivity contribution in [2.75, 3.05) is 14.2 Å². The molecule has 6 nitrogen and oxygen atoms in total. The van der Waals surface area contributed by atoms with Gasteiger partial charge in [-0.25, -0.2) is 0 Å². The number of nitrogens with one attached hydrogen (secondary N) is 1. The number of hydrogen-bond donors (Lipinski definition) is 1. The van der Waals surface area contributed by atoms with Gasteiger partial charge in [0.25, 0.3) is 0 Å². The van der Waals surface area contributed by atoms with Gasteiger partial charge in [-0.3, -0.25) is 9.48 Å². The lowest BCUT2D eigenvalue weighted by Gasteiger charge is -2.14. The summed E-state index contributed by atoms with van der Waals surface area (Å²) in [6.45, 7) is 1.48. The second-order valence-electron chi connectivity index (χ2n) is 5.96. The number of aromatic nitrogens is 2. The molecule has 0 fully saturated rings. The van der Waals surface area contributed by atoms with Gasteiger partial charge in [-0.2, -0.15) is 5.10 Å². The van der Waals surface area contributed by atoms with Gasteiger partial charge in [-0.05, 0) is 43.0 Å². The number of fused-ring (bicyclic) bond motifs is 1. The van der Waals surface area contributed by atoms with Crippen LogP contribution in [0.4, 0.5) is 0 Å². The smallest absolute Gasteiger partial charge is 0.244 e. The first-order valence-corrected chi connectivity index (χ1v) is 8.42. The van der Waals surface area contributed by atoms with Crippen molar-refractivity contribution in [3.05, 3.63) is 47.3 Å². The maximum atomic E-state index is 12.1. The number of nitrogens with zero attached hydrogens (tertiary/aromatic N) is 2. The predicted octanol–water partition coefficient (Wildman–Crippen LogP) is 2.57. The highest BCUT2D eigenvalue weighted by atomic mass is 16.5. The van der Waals surface area contributed by atoms with Crippen molar-refractivity contribution >= 4 is 12.0 Å². The van der Waals surface area contributed by atoms with Crippen molar-refractivity contribution in [3.8, 4) is 11.5 Å². The first kappa shape index (κ1) is 17.1. The quantitative estimate of drug-likeness (QED) is 0.820. The molecule has 1 aliphatic heterocycles. The number of benzene rings is 1. The Labute approximate surface area is 147 Å². The van der Waals surface area contributed by atoms with Crippen LogP contribution in [0.2, 0.25) is 0 Å². The van der Waals surface area contributed by atoms with E-state index in [-0.39, 0.29) is 5.91 Å². The third kappa shape index (κ3) is 4.02. The number of hydrogen-bond acceptors (Lipinski definition) is 4. The van der Waals surface area contributed by atoms with Crippen LogP contribution in [0, 0.1) is 0 Å². The van der Waals surface area contributed by atoms with E-state index in [4.69, 9.17) is 9.47 Å². The van der Waals surface area contributed by atoms with E-state index in [1.54, 1.807) is 20.3 Å². The third-order valence-electron chi connectivity index (χ3n) is 4.36. The van der Waals surface area contributed by atoms with Crippen LogP contribution in [0.3, 0.4) is 0 Å². The van der Waals surface area contributed by atoms with E-state index in [1.807, 2.05) is 29.1 Å². The molecular weight excluding hydrogens is 318 g/mol. The number of ether oxygens (including phenoxy) is 2. The summed E-state index contributed by atoms with van der Waals surface area (Å²) in [6, 6.07) is 5.52. The van der Waals surface area contributed by atoms with Gasteiger partial charge in [-0.15, -0.1) is 0 Å². The van der Waals surface area contributed by atoms with E-state index in [0.717, 1.165) is 24.1 Å². The van der Waals surface area contributed by atoms with Gasteiger partial charge in [0.15, 0.2) is 11.5 Å². The predicted molar refractivity (Wildman–Crippen MR) is 95.6 cm³/mol. The molecule has 3 rings (SSSR count). The topological polar surface area (TPSA) is 65.4 Å². The molecule has 0 radical (unpaired) electrons. The fourth-order valence-corrected chi connectivity index (χ4v) is 3.00. The first-order valence-electron chi connectivity index (χ1n) is 8.42. The van der Waals surface area contributed by atoms with E-state index < -0.39 is 0 Å². The number of amides is 1. The summed E-state index contributed by atoms with van der Waals surface area (Å²) in [6.07, 6.45) is 8.54. The molecule has 0 spiro atoms. The number of methoxy groups -OCH3 is 2. The fourth-order valence-electron chi connectivity index (χ4n) is 3.00.